The van der Waals surface area contributed by atoms with Crippen molar-refractivity contribution in [2.24, 2.45) is 0 Å². The van der Waals surface area contributed by atoms with Crippen LogP contribution in [0, 0.1) is 5.82 Å². The van der Waals surface area contributed by atoms with E-state index in [-0.39, 0.29) is 35.6 Å². The van der Waals surface area contributed by atoms with E-state index >= 15 is 0 Å². The van der Waals surface area contributed by atoms with Crippen molar-refractivity contribution < 1.29 is 22.4 Å². The van der Waals surface area contributed by atoms with Crippen molar-refractivity contribution in [3.05, 3.63) is 63.9 Å². The number of hydrogen-bond donors (Lipinski definition) is 1. The van der Waals surface area contributed by atoms with Crippen molar-refractivity contribution in [2.75, 3.05) is 17.1 Å². The van der Waals surface area contributed by atoms with E-state index in [0.717, 1.165) is 10.6 Å². The monoisotopic (exact) mass is 545 g/mol. The van der Waals surface area contributed by atoms with Gasteiger partial charge in [-0.15, -0.1) is 0 Å². The van der Waals surface area contributed by atoms with Crippen molar-refractivity contribution >= 4 is 50.7 Å². The van der Waals surface area contributed by atoms with Crippen LogP contribution in [0.1, 0.15) is 39.2 Å². The van der Waals surface area contributed by atoms with E-state index in [0.29, 0.717) is 17.0 Å². The number of nitrogens with one attached hydrogen (secondary N) is 1. The van der Waals surface area contributed by atoms with Gasteiger partial charge in [-0.1, -0.05) is 49.2 Å². The van der Waals surface area contributed by atoms with Crippen LogP contribution >= 0.6 is 23.2 Å². The van der Waals surface area contributed by atoms with Gasteiger partial charge in [-0.25, -0.2) is 12.8 Å². The number of halogens is 3. The Labute approximate surface area is 216 Å². The van der Waals surface area contributed by atoms with Crippen molar-refractivity contribution in [2.45, 2.75) is 52.2 Å². The van der Waals surface area contributed by atoms with Gasteiger partial charge < -0.3 is 10.2 Å². The third kappa shape index (κ3) is 8.08. The molecule has 192 valence electrons. The molecule has 0 bridgehead atoms. The summed E-state index contributed by atoms with van der Waals surface area (Å²) in [6.45, 7) is 4.93. The Morgan fingerprint density at radius 3 is 2.20 bits per heavy atom. The third-order valence-electron chi connectivity index (χ3n) is 5.51. The topological polar surface area (TPSA) is 86.8 Å². The molecule has 35 heavy (non-hydrogen) atoms. The zero-order valence-electron chi connectivity index (χ0n) is 20.1. The second-order valence-electron chi connectivity index (χ2n) is 8.26. The Hall–Kier alpha value is -2.36. The Balaban J connectivity index is 2.46. The quantitative estimate of drug-likeness (QED) is 0.446. The van der Waals surface area contributed by atoms with Crippen LogP contribution < -0.4 is 9.62 Å². The lowest BCUT2D eigenvalue weighted by atomic mass is 10.1. The smallest absolute Gasteiger partial charge is 0.244 e. The van der Waals surface area contributed by atoms with Crippen LogP contribution in [0.15, 0.2) is 42.5 Å². The third-order valence-corrected chi connectivity index (χ3v) is 7.18. The Bertz CT molecular complexity index is 1150. The first-order valence-corrected chi connectivity index (χ1v) is 13.7. The maximum absolute atomic E-state index is 13.6. The molecule has 2 aromatic rings. The van der Waals surface area contributed by atoms with Gasteiger partial charge in [0, 0.05) is 17.6 Å². The van der Waals surface area contributed by atoms with Crippen LogP contribution in [0.4, 0.5) is 10.1 Å². The Morgan fingerprint density at radius 2 is 1.69 bits per heavy atom. The molecule has 11 heteroatoms. The number of hydrogen-bond acceptors (Lipinski definition) is 4. The lowest BCUT2D eigenvalue weighted by molar-refractivity contribution is -0.140. The van der Waals surface area contributed by atoms with Crippen LogP contribution in [-0.4, -0.2) is 50.0 Å². The van der Waals surface area contributed by atoms with E-state index in [4.69, 9.17) is 23.2 Å². The maximum Gasteiger partial charge on any atom is 0.244 e. The number of carbonyl (C=O) groups excluding carboxylic acids is 2. The maximum atomic E-state index is 13.6. The van der Waals surface area contributed by atoms with E-state index in [1.165, 1.54) is 47.4 Å². The van der Waals surface area contributed by atoms with Crippen LogP contribution in [0.3, 0.4) is 0 Å². The van der Waals surface area contributed by atoms with Crippen LogP contribution in [0.25, 0.3) is 0 Å². The van der Waals surface area contributed by atoms with E-state index in [1.54, 1.807) is 6.92 Å². The fourth-order valence-corrected chi connectivity index (χ4v) is 4.85. The van der Waals surface area contributed by atoms with Crippen molar-refractivity contribution in [3.63, 3.8) is 0 Å². The van der Waals surface area contributed by atoms with Crippen molar-refractivity contribution in [1.82, 2.24) is 10.2 Å². The second kappa shape index (κ2) is 12.6. The summed E-state index contributed by atoms with van der Waals surface area (Å²) in [4.78, 5) is 27.9. The molecular weight excluding hydrogens is 516 g/mol. The number of sulfonamides is 1. The zero-order chi connectivity index (χ0) is 26.3. The SMILES string of the molecule is CC[C@H](C(=O)N[C@@H](C)CC)N(Cc1ccc(F)cc1)C(=O)CN(c1ccc(Cl)cc1Cl)S(C)(=O)=O. The number of amides is 2. The number of anilines is 1. The van der Waals surface area contributed by atoms with Gasteiger partial charge in [0.1, 0.15) is 18.4 Å². The number of benzene rings is 2. The average Bonchev–Trinajstić information content (AvgIpc) is 2.78. The largest absolute Gasteiger partial charge is 0.352 e. The lowest BCUT2D eigenvalue weighted by Gasteiger charge is -2.33. The molecule has 2 rings (SSSR count). The predicted molar refractivity (Wildman–Crippen MR) is 138 cm³/mol. The van der Waals surface area contributed by atoms with E-state index in [2.05, 4.69) is 5.32 Å². The van der Waals surface area contributed by atoms with Gasteiger partial charge in [0.25, 0.3) is 0 Å². The van der Waals surface area contributed by atoms with Crippen molar-refractivity contribution in [3.8, 4) is 0 Å². The summed E-state index contributed by atoms with van der Waals surface area (Å²) < 4.78 is 39.6. The number of rotatable bonds is 11. The molecule has 0 fully saturated rings. The number of carbonyl (C=O) groups is 2. The summed E-state index contributed by atoms with van der Waals surface area (Å²) in [5.41, 5.74) is 0.677. The predicted octanol–water partition coefficient (Wildman–Crippen LogP) is 4.62. The van der Waals surface area contributed by atoms with Gasteiger partial charge in [0.2, 0.25) is 21.8 Å². The molecule has 0 heterocycles. The molecule has 2 aromatic carbocycles. The van der Waals surface area contributed by atoms with E-state index < -0.39 is 34.3 Å². The standard InChI is InChI=1S/C24H30Cl2FN3O4S/c1-5-16(3)28-24(32)21(6-2)29(14-17-7-10-19(27)11-8-17)23(31)15-30(35(4,33)34)22-12-9-18(25)13-20(22)26/h7-13,16,21H,5-6,14-15H2,1-4H3,(H,28,32)/t16-,21+/m0/s1. The van der Waals surface area contributed by atoms with E-state index in [1.807, 2.05) is 13.8 Å². The summed E-state index contributed by atoms with van der Waals surface area (Å²) in [5, 5.41) is 3.25. The first kappa shape index (κ1) is 28.9. The molecule has 0 saturated carbocycles. The fraction of sp³-hybridized carbons (Fsp3) is 0.417. The minimum absolute atomic E-state index is 0.0164. The molecule has 0 unspecified atom stereocenters. The molecule has 0 aliphatic carbocycles. The molecule has 1 N–H and O–H groups in total. The first-order chi connectivity index (χ1) is 16.4. The fourth-order valence-electron chi connectivity index (χ4n) is 3.43. The molecule has 0 saturated heterocycles. The van der Waals surface area contributed by atoms with Crippen LogP contribution in [0.2, 0.25) is 10.0 Å². The number of nitrogens with zero attached hydrogens (tertiary/aromatic N) is 2. The van der Waals surface area contributed by atoms with Gasteiger partial charge >= 0.3 is 0 Å². The van der Waals surface area contributed by atoms with Gasteiger partial charge in [0.05, 0.1) is 17.0 Å². The zero-order valence-corrected chi connectivity index (χ0v) is 22.4. The molecule has 0 aliphatic heterocycles. The summed E-state index contributed by atoms with van der Waals surface area (Å²) >= 11 is 12.2. The van der Waals surface area contributed by atoms with Gasteiger partial charge in [-0.3, -0.25) is 13.9 Å². The molecular formula is C24H30Cl2FN3O4S. The summed E-state index contributed by atoms with van der Waals surface area (Å²) in [7, 11) is -3.93. The first-order valence-electron chi connectivity index (χ1n) is 11.1. The molecule has 0 aliphatic rings. The normalized spacial score (nSPS) is 13.1. The Kier molecular flexibility index (Phi) is 10.4. The Morgan fingerprint density at radius 1 is 1.06 bits per heavy atom. The van der Waals surface area contributed by atoms with Crippen molar-refractivity contribution in [1.29, 1.82) is 0 Å². The van der Waals surface area contributed by atoms with Gasteiger partial charge in [-0.05, 0) is 55.7 Å². The molecule has 2 atom stereocenters. The summed E-state index contributed by atoms with van der Waals surface area (Å²) in [5.74, 6) is -1.40. The van der Waals surface area contributed by atoms with Crippen LogP contribution in [-0.2, 0) is 26.2 Å². The highest BCUT2D eigenvalue weighted by molar-refractivity contribution is 7.92. The molecule has 0 spiro atoms. The van der Waals surface area contributed by atoms with Gasteiger partial charge in [0.15, 0.2) is 0 Å². The molecule has 7 nitrogen and oxygen atoms in total. The molecule has 0 aromatic heterocycles. The van der Waals surface area contributed by atoms with Crippen LogP contribution in [0.5, 0.6) is 0 Å². The second-order valence-corrected chi connectivity index (χ2v) is 11.0. The lowest BCUT2D eigenvalue weighted by Crippen LogP contribution is -2.53. The summed E-state index contributed by atoms with van der Waals surface area (Å²) in [6, 6.07) is 8.82. The minimum Gasteiger partial charge on any atom is -0.352 e. The molecule has 2 amide bonds. The van der Waals surface area contributed by atoms with E-state index in [9.17, 15) is 22.4 Å². The highest BCUT2D eigenvalue weighted by atomic mass is 35.5. The van der Waals surface area contributed by atoms with Gasteiger partial charge in [-0.2, -0.15) is 0 Å². The highest BCUT2D eigenvalue weighted by Crippen LogP contribution is 2.30. The highest BCUT2D eigenvalue weighted by Gasteiger charge is 2.32. The average molecular weight is 546 g/mol. The minimum atomic E-state index is -3.93. The summed E-state index contributed by atoms with van der Waals surface area (Å²) in [6.07, 6.45) is 1.95. The molecule has 0 radical (unpaired) electrons.